The molecule has 0 spiro atoms. The lowest BCUT2D eigenvalue weighted by Crippen LogP contribution is -2.14. The van der Waals surface area contributed by atoms with Gasteiger partial charge in [-0.3, -0.25) is 4.79 Å². The van der Waals surface area contributed by atoms with Gasteiger partial charge >= 0.3 is 10.1 Å². The molecule has 0 atom stereocenters. The lowest BCUT2D eigenvalue weighted by atomic mass is 10.1. The summed E-state index contributed by atoms with van der Waals surface area (Å²) in [5.74, 6) is -0.168. The summed E-state index contributed by atoms with van der Waals surface area (Å²) >= 11 is 11.9. The first-order valence-electron chi connectivity index (χ1n) is 9.87. The summed E-state index contributed by atoms with van der Waals surface area (Å²) in [7, 11) is -4.21. The zero-order chi connectivity index (χ0) is 24.7. The molecule has 3 rings (SSSR count). The number of anilines is 1. The van der Waals surface area contributed by atoms with Crippen LogP contribution >= 0.6 is 23.2 Å². The van der Waals surface area contributed by atoms with E-state index >= 15 is 0 Å². The van der Waals surface area contributed by atoms with Gasteiger partial charge in [0.25, 0.3) is 5.91 Å². The first kappa shape index (κ1) is 25.1. The van der Waals surface area contributed by atoms with E-state index in [1.165, 1.54) is 48.5 Å². The van der Waals surface area contributed by atoms with Gasteiger partial charge in [-0.2, -0.15) is 13.7 Å². The number of nitriles is 1. The van der Waals surface area contributed by atoms with Crippen LogP contribution < -0.4 is 14.2 Å². The second kappa shape index (κ2) is 11.1. The van der Waals surface area contributed by atoms with Crippen molar-refractivity contribution in [3.8, 4) is 17.6 Å². The van der Waals surface area contributed by atoms with Crippen LogP contribution in [0.25, 0.3) is 6.08 Å². The van der Waals surface area contributed by atoms with E-state index in [-0.39, 0.29) is 26.8 Å². The van der Waals surface area contributed by atoms with E-state index in [2.05, 4.69) is 5.32 Å². The summed E-state index contributed by atoms with van der Waals surface area (Å²) in [6.45, 7) is 2.36. The van der Waals surface area contributed by atoms with Gasteiger partial charge in [-0.05, 0) is 79.7 Å². The summed E-state index contributed by atoms with van der Waals surface area (Å²) in [6, 6.07) is 18.0. The normalized spacial score (nSPS) is 11.4. The average molecular weight is 517 g/mol. The maximum absolute atomic E-state index is 12.7. The molecule has 0 radical (unpaired) electrons. The number of benzene rings is 3. The second-order valence-corrected chi connectivity index (χ2v) is 9.17. The smallest absolute Gasteiger partial charge is 0.339 e. The summed E-state index contributed by atoms with van der Waals surface area (Å²) in [4.78, 5) is 12.5. The number of carbonyl (C=O) groups excluding carboxylic acids is 1. The van der Waals surface area contributed by atoms with Crippen molar-refractivity contribution in [1.29, 1.82) is 5.26 Å². The third-order valence-electron chi connectivity index (χ3n) is 4.36. The van der Waals surface area contributed by atoms with Gasteiger partial charge < -0.3 is 14.2 Å². The summed E-state index contributed by atoms with van der Waals surface area (Å²) in [5.41, 5.74) is 0.288. The number of carbonyl (C=O) groups is 1. The molecule has 0 aliphatic rings. The first-order chi connectivity index (χ1) is 16.2. The fourth-order valence-electron chi connectivity index (χ4n) is 2.78. The molecule has 0 unspecified atom stereocenters. The summed E-state index contributed by atoms with van der Waals surface area (Å²) < 4.78 is 36.0. The molecule has 10 heteroatoms. The van der Waals surface area contributed by atoms with E-state index in [0.717, 1.165) is 0 Å². The Morgan fingerprint density at radius 1 is 1.03 bits per heavy atom. The Hall–Kier alpha value is -3.51. The molecule has 7 nitrogen and oxygen atoms in total. The molecule has 1 N–H and O–H groups in total. The van der Waals surface area contributed by atoms with Crippen LogP contribution in [-0.2, 0) is 14.9 Å². The molecule has 0 fully saturated rings. The molecule has 0 bridgehead atoms. The minimum absolute atomic E-state index is 0.110. The highest BCUT2D eigenvalue weighted by atomic mass is 35.5. The van der Waals surface area contributed by atoms with Crippen LogP contribution in [0.2, 0.25) is 10.0 Å². The van der Waals surface area contributed by atoms with Crippen LogP contribution in [0.5, 0.6) is 11.5 Å². The maximum Gasteiger partial charge on any atom is 0.339 e. The van der Waals surface area contributed by atoms with Gasteiger partial charge in [0.05, 0.1) is 6.61 Å². The fraction of sp³-hybridized carbons (Fsp3) is 0.0833. The van der Waals surface area contributed by atoms with E-state index < -0.39 is 16.0 Å². The SMILES string of the molecule is CCOc1ccc(NC(=O)/C(C#N)=C/c2cc(Cl)ccc2OS(=O)(=O)c2ccc(Cl)cc2)cc1. The third kappa shape index (κ3) is 6.51. The van der Waals surface area contributed by atoms with Crippen molar-refractivity contribution >= 4 is 51.0 Å². The highest BCUT2D eigenvalue weighted by Gasteiger charge is 2.19. The average Bonchev–Trinajstić information content (AvgIpc) is 2.80. The van der Waals surface area contributed by atoms with Crippen molar-refractivity contribution in [3.05, 3.63) is 87.9 Å². The van der Waals surface area contributed by atoms with Crippen LogP contribution in [0.3, 0.4) is 0 Å². The Labute approximate surface area is 207 Å². The maximum atomic E-state index is 12.7. The number of halogens is 2. The molecular formula is C24H18Cl2N2O5S. The van der Waals surface area contributed by atoms with Crippen molar-refractivity contribution in [2.24, 2.45) is 0 Å². The van der Waals surface area contributed by atoms with Gasteiger partial charge in [0, 0.05) is 21.3 Å². The molecule has 0 heterocycles. The highest BCUT2D eigenvalue weighted by molar-refractivity contribution is 7.87. The zero-order valence-electron chi connectivity index (χ0n) is 17.8. The van der Waals surface area contributed by atoms with Crippen molar-refractivity contribution in [3.63, 3.8) is 0 Å². The van der Waals surface area contributed by atoms with E-state index in [0.29, 0.717) is 23.1 Å². The van der Waals surface area contributed by atoms with Crippen LogP contribution in [0.15, 0.2) is 77.2 Å². The van der Waals surface area contributed by atoms with Crippen LogP contribution in [0.1, 0.15) is 12.5 Å². The number of hydrogen-bond acceptors (Lipinski definition) is 6. The Morgan fingerprint density at radius 3 is 2.29 bits per heavy atom. The summed E-state index contributed by atoms with van der Waals surface area (Å²) in [6.07, 6.45) is 1.20. The van der Waals surface area contributed by atoms with Gasteiger partial charge in [-0.25, -0.2) is 0 Å². The van der Waals surface area contributed by atoms with E-state index in [9.17, 15) is 18.5 Å². The molecular weight excluding hydrogens is 499 g/mol. The number of hydrogen-bond donors (Lipinski definition) is 1. The van der Waals surface area contributed by atoms with Gasteiger partial charge in [0.1, 0.15) is 28.0 Å². The minimum atomic E-state index is -4.21. The number of nitrogens with zero attached hydrogens (tertiary/aromatic N) is 1. The molecule has 3 aromatic carbocycles. The van der Waals surface area contributed by atoms with E-state index in [1.54, 1.807) is 24.3 Å². The third-order valence-corrected chi connectivity index (χ3v) is 6.10. The fourth-order valence-corrected chi connectivity index (χ4v) is 4.04. The van der Waals surface area contributed by atoms with Gasteiger partial charge in [0.15, 0.2) is 0 Å². The topological polar surface area (TPSA) is 105 Å². The lowest BCUT2D eigenvalue weighted by molar-refractivity contribution is -0.112. The number of nitrogens with one attached hydrogen (secondary N) is 1. The number of rotatable bonds is 8. The first-order valence-corrected chi connectivity index (χ1v) is 12.0. The monoisotopic (exact) mass is 516 g/mol. The Bertz CT molecular complexity index is 1360. The van der Waals surface area contributed by atoms with Crippen LogP contribution in [-0.4, -0.2) is 20.9 Å². The molecule has 1 amide bonds. The minimum Gasteiger partial charge on any atom is -0.494 e. The standard InChI is InChI=1S/C24H18Cl2N2O5S/c1-2-32-21-8-6-20(7-9-21)28-24(29)17(15-27)13-16-14-19(26)5-12-23(16)33-34(30,31)22-10-3-18(25)4-11-22/h3-14H,2H2,1H3,(H,28,29)/b17-13+. The molecule has 0 saturated heterocycles. The number of amides is 1. The van der Waals surface area contributed by atoms with Crippen molar-refractivity contribution in [2.75, 3.05) is 11.9 Å². The van der Waals surface area contributed by atoms with Crippen molar-refractivity contribution < 1.29 is 22.1 Å². The van der Waals surface area contributed by atoms with E-state index in [4.69, 9.17) is 32.1 Å². The van der Waals surface area contributed by atoms with Gasteiger partial charge in [-0.1, -0.05) is 23.2 Å². The van der Waals surface area contributed by atoms with Crippen molar-refractivity contribution in [1.82, 2.24) is 0 Å². The Balaban J connectivity index is 1.88. The summed E-state index contributed by atoms with van der Waals surface area (Å²) in [5, 5.41) is 12.8. The Kier molecular flexibility index (Phi) is 8.18. The molecule has 0 aliphatic heterocycles. The second-order valence-electron chi connectivity index (χ2n) is 6.75. The zero-order valence-corrected chi connectivity index (χ0v) is 20.1. The predicted octanol–water partition coefficient (Wildman–Crippen LogP) is 5.71. The largest absolute Gasteiger partial charge is 0.494 e. The quantitative estimate of drug-likeness (QED) is 0.233. The molecule has 3 aromatic rings. The molecule has 0 aliphatic carbocycles. The molecule has 34 heavy (non-hydrogen) atoms. The highest BCUT2D eigenvalue weighted by Crippen LogP contribution is 2.29. The van der Waals surface area contributed by atoms with Gasteiger partial charge in [-0.15, -0.1) is 0 Å². The molecule has 0 saturated carbocycles. The van der Waals surface area contributed by atoms with E-state index in [1.807, 2.05) is 13.0 Å². The molecule has 174 valence electrons. The molecule has 0 aromatic heterocycles. The lowest BCUT2D eigenvalue weighted by Gasteiger charge is -2.11. The number of ether oxygens (including phenoxy) is 1. The van der Waals surface area contributed by atoms with Crippen LogP contribution in [0, 0.1) is 11.3 Å². The van der Waals surface area contributed by atoms with Gasteiger partial charge in [0.2, 0.25) is 0 Å². The van der Waals surface area contributed by atoms with Crippen molar-refractivity contribution in [2.45, 2.75) is 11.8 Å². The predicted molar refractivity (Wildman–Crippen MR) is 131 cm³/mol. The van der Waals surface area contributed by atoms with Crippen LogP contribution in [0.4, 0.5) is 5.69 Å². The Morgan fingerprint density at radius 2 is 1.68 bits per heavy atom.